The molecule has 1 saturated carbocycles. The second-order valence-corrected chi connectivity index (χ2v) is 5.04. The molecule has 0 aromatic heterocycles. The zero-order valence-electron chi connectivity index (χ0n) is 11.6. The average Bonchev–Trinajstić information content (AvgIpc) is 2.48. The molecule has 1 aliphatic carbocycles. The van der Waals surface area contributed by atoms with Crippen molar-refractivity contribution in [3.8, 4) is 0 Å². The van der Waals surface area contributed by atoms with Crippen LogP contribution in [0, 0.1) is 5.92 Å². The highest BCUT2D eigenvalue weighted by molar-refractivity contribution is 5.89. The summed E-state index contributed by atoms with van der Waals surface area (Å²) in [5.41, 5.74) is 0.772. The lowest BCUT2D eigenvalue weighted by Crippen LogP contribution is -2.41. The van der Waals surface area contributed by atoms with Gasteiger partial charge in [0.25, 0.3) is 0 Å². The van der Waals surface area contributed by atoms with E-state index in [1.165, 1.54) is 7.11 Å². The van der Waals surface area contributed by atoms with Crippen molar-refractivity contribution in [2.24, 2.45) is 5.92 Å². The Kier molecular flexibility index (Phi) is 4.98. The molecular formula is C15H20N2O3. The van der Waals surface area contributed by atoms with E-state index in [9.17, 15) is 9.59 Å². The summed E-state index contributed by atoms with van der Waals surface area (Å²) in [6, 6.07) is 9.25. The quantitative estimate of drug-likeness (QED) is 0.834. The summed E-state index contributed by atoms with van der Waals surface area (Å²) in [5.74, 6) is -0.160. The van der Waals surface area contributed by atoms with Crippen LogP contribution in [0.4, 0.5) is 10.5 Å². The van der Waals surface area contributed by atoms with E-state index in [2.05, 4.69) is 10.6 Å². The molecule has 5 nitrogen and oxygen atoms in total. The maximum Gasteiger partial charge on any atom is 0.319 e. The van der Waals surface area contributed by atoms with Gasteiger partial charge in [-0.15, -0.1) is 0 Å². The first kappa shape index (κ1) is 14.4. The van der Waals surface area contributed by atoms with Crippen LogP contribution in [0.25, 0.3) is 0 Å². The topological polar surface area (TPSA) is 67.4 Å². The molecule has 0 bridgehead atoms. The lowest BCUT2D eigenvalue weighted by Gasteiger charge is -2.27. The third kappa shape index (κ3) is 3.98. The maximum absolute atomic E-state index is 11.8. The number of esters is 1. The zero-order valence-corrected chi connectivity index (χ0v) is 11.6. The van der Waals surface area contributed by atoms with Gasteiger partial charge < -0.3 is 15.4 Å². The summed E-state index contributed by atoms with van der Waals surface area (Å²) in [5, 5.41) is 5.74. The molecule has 108 valence electrons. The Balaban J connectivity index is 1.75. The lowest BCUT2D eigenvalue weighted by molar-refractivity contribution is -0.146. The van der Waals surface area contributed by atoms with Crippen molar-refractivity contribution in [1.82, 2.24) is 5.32 Å². The smallest absolute Gasteiger partial charge is 0.319 e. The van der Waals surface area contributed by atoms with Crippen LogP contribution in [0.3, 0.4) is 0 Å². The van der Waals surface area contributed by atoms with Gasteiger partial charge in [0.15, 0.2) is 0 Å². The molecule has 1 fully saturated rings. The number of para-hydroxylation sites is 1. The number of urea groups is 1. The standard InChI is InChI=1S/C15H20N2O3/c1-20-14(18)11-7-9-13(10-8-11)17-15(19)16-12-5-3-2-4-6-12/h2-6,11,13H,7-10H2,1H3,(H2,16,17,19). The molecule has 0 unspecified atom stereocenters. The summed E-state index contributed by atoms with van der Waals surface area (Å²) in [7, 11) is 1.42. The third-order valence-corrected chi connectivity index (χ3v) is 3.63. The van der Waals surface area contributed by atoms with Gasteiger partial charge in [-0.3, -0.25) is 4.79 Å². The molecule has 2 rings (SSSR count). The second-order valence-electron chi connectivity index (χ2n) is 5.04. The minimum atomic E-state index is -0.197. The van der Waals surface area contributed by atoms with Crippen LogP contribution >= 0.6 is 0 Å². The highest BCUT2D eigenvalue weighted by Crippen LogP contribution is 2.25. The van der Waals surface area contributed by atoms with Crippen molar-refractivity contribution < 1.29 is 14.3 Å². The average molecular weight is 276 g/mol. The largest absolute Gasteiger partial charge is 0.469 e. The molecule has 1 aliphatic rings. The molecule has 5 heteroatoms. The molecule has 0 heterocycles. The molecular weight excluding hydrogens is 256 g/mol. The number of rotatable bonds is 3. The fourth-order valence-corrected chi connectivity index (χ4v) is 2.51. The van der Waals surface area contributed by atoms with Crippen LogP contribution < -0.4 is 10.6 Å². The number of amides is 2. The fraction of sp³-hybridized carbons (Fsp3) is 0.467. The van der Waals surface area contributed by atoms with Crippen molar-refractivity contribution in [2.45, 2.75) is 31.7 Å². The lowest BCUT2D eigenvalue weighted by atomic mass is 9.86. The number of hydrogen-bond donors (Lipinski definition) is 2. The Morgan fingerprint density at radius 3 is 2.35 bits per heavy atom. The van der Waals surface area contributed by atoms with Gasteiger partial charge >= 0.3 is 12.0 Å². The van der Waals surface area contributed by atoms with Gasteiger partial charge in [0.2, 0.25) is 0 Å². The number of hydrogen-bond acceptors (Lipinski definition) is 3. The molecule has 1 aromatic rings. The molecule has 0 aliphatic heterocycles. The van der Waals surface area contributed by atoms with Crippen LogP contribution in [-0.4, -0.2) is 25.2 Å². The van der Waals surface area contributed by atoms with Crippen molar-refractivity contribution in [3.05, 3.63) is 30.3 Å². The van der Waals surface area contributed by atoms with Gasteiger partial charge in [0.05, 0.1) is 13.0 Å². The van der Waals surface area contributed by atoms with Gasteiger partial charge in [-0.05, 0) is 37.8 Å². The number of anilines is 1. The molecule has 1 aromatic carbocycles. The minimum absolute atomic E-state index is 0.0183. The molecule has 0 spiro atoms. The first-order valence-electron chi connectivity index (χ1n) is 6.89. The van der Waals surface area contributed by atoms with E-state index in [0.717, 1.165) is 31.4 Å². The predicted octanol–water partition coefficient (Wildman–Crippen LogP) is 2.54. The first-order valence-corrected chi connectivity index (χ1v) is 6.89. The molecule has 2 amide bonds. The van der Waals surface area contributed by atoms with E-state index in [0.29, 0.717) is 0 Å². The van der Waals surface area contributed by atoms with Gasteiger partial charge in [0.1, 0.15) is 0 Å². The zero-order chi connectivity index (χ0) is 14.4. The van der Waals surface area contributed by atoms with Crippen LogP contribution in [-0.2, 0) is 9.53 Å². The summed E-state index contributed by atoms with van der Waals surface area (Å²) in [4.78, 5) is 23.3. The number of ether oxygens (including phenoxy) is 1. The molecule has 0 atom stereocenters. The van der Waals surface area contributed by atoms with Gasteiger partial charge in [-0.2, -0.15) is 0 Å². The van der Waals surface area contributed by atoms with Crippen LogP contribution in [0.2, 0.25) is 0 Å². The SMILES string of the molecule is COC(=O)C1CCC(NC(=O)Nc2ccccc2)CC1. The van der Waals surface area contributed by atoms with Crippen molar-refractivity contribution in [3.63, 3.8) is 0 Å². The monoisotopic (exact) mass is 276 g/mol. The van der Waals surface area contributed by atoms with E-state index in [4.69, 9.17) is 4.74 Å². The Morgan fingerprint density at radius 1 is 1.10 bits per heavy atom. The van der Waals surface area contributed by atoms with E-state index in [1.54, 1.807) is 0 Å². The minimum Gasteiger partial charge on any atom is -0.469 e. The number of benzene rings is 1. The van der Waals surface area contributed by atoms with Gasteiger partial charge in [0, 0.05) is 11.7 Å². The normalized spacial score (nSPS) is 21.9. The van der Waals surface area contributed by atoms with E-state index >= 15 is 0 Å². The maximum atomic E-state index is 11.8. The highest BCUT2D eigenvalue weighted by Gasteiger charge is 2.27. The number of nitrogens with one attached hydrogen (secondary N) is 2. The molecule has 2 N–H and O–H groups in total. The Morgan fingerprint density at radius 2 is 1.75 bits per heavy atom. The van der Waals surface area contributed by atoms with Gasteiger partial charge in [-0.25, -0.2) is 4.79 Å². The van der Waals surface area contributed by atoms with E-state index in [1.807, 2.05) is 30.3 Å². The Labute approximate surface area is 118 Å². The number of methoxy groups -OCH3 is 1. The Hall–Kier alpha value is -2.04. The first-order chi connectivity index (χ1) is 9.69. The second kappa shape index (κ2) is 6.93. The van der Waals surface area contributed by atoms with Crippen LogP contribution in [0.15, 0.2) is 30.3 Å². The fourth-order valence-electron chi connectivity index (χ4n) is 2.51. The van der Waals surface area contributed by atoms with E-state index in [-0.39, 0.29) is 24.0 Å². The van der Waals surface area contributed by atoms with Gasteiger partial charge in [-0.1, -0.05) is 18.2 Å². The number of carbonyl (C=O) groups is 2. The molecule has 0 saturated heterocycles. The van der Waals surface area contributed by atoms with Crippen LogP contribution in [0.5, 0.6) is 0 Å². The van der Waals surface area contributed by atoms with Crippen LogP contribution in [0.1, 0.15) is 25.7 Å². The third-order valence-electron chi connectivity index (χ3n) is 3.63. The van der Waals surface area contributed by atoms with Crippen molar-refractivity contribution in [1.29, 1.82) is 0 Å². The summed E-state index contributed by atoms with van der Waals surface area (Å²) < 4.78 is 4.75. The summed E-state index contributed by atoms with van der Waals surface area (Å²) >= 11 is 0. The van der Waals surface area contributed by atoms with Crippen molar-refractivity contribution in [2.75, 3.05) is 12.4 Å². The summed E-state index contributed by atoms with van der Waals surface area (Å²) in [6.07, 6.45) is 3.15. The Bertz CT molecular complexity index is 453. The van der Waals surface area contributed by atoms with Crippen molar-refractivity contribution >= 4 is 17.7 Å². The molecule has 0 radical (unpaired) electrons. The predicted molar refractivity (Wildman–Crippen MR) is 76.4 cm³/mol. The van der Waals surface area contributed by atoms with E-state index < -0.39 is 0 Å². The highest BCUT2D eigenvalue weighted by atomic mass is 16.5. The summed E-state index contributed by atoms with van der Waals surface area (Å²) in [6.45, 7) is 0. The molecule has 20 heavy (non-hydrogen) atoms. The number of carbonyl (C=O) groups excluding carboxylic acids is 2.